The number of hydrogen-bond donors (Lipinski definition) is 0. The van der Waals surface area contributed by atoms with E-state index in [-0.39, 0.29) is 5.56 Å². The molecule has 0 spiro atoms. The molecule has 1 aromatic rings. The van der Waals surface area contributed by atoms with Gasteiger partial charge < -0.3 is 4.57 Å². The lowest BCUT2D eigenvalue weighted by molar-refractivity contribution is 0.846. The Kier molecular flexibility index (Phi) is 2.48. The minimum atomic E-state index is 0.0631. The number of aryl methyl sites for hydroxylation is 1. The maximum Gasteiger partial charge on any atom is 0.257 e. The van der Waals surface area contributed by atoms with E-state index in [1.165, 1.54) is 0 Å². The average molecular weight is 163 g/mol. The van der Waals surface area contributed by atoms with Crippen molar-refractivity contribution in [2.75, 3.05) is 0 Å². The molecule has 0 amide bonds. The van der Waals surface area contributed by atoms with Crippen molar-refractivity contribution in [3.8, 4) is 0 Å². The highest BCUT2D eigenvalue weighted by Gasteiger charge is 1.91. The summed E-state index contributed by atoms with van der Waals surface area (Å²) in [6, 6.07) is 1.94. The Morgan fingerprint density at radius 1 is 1.33 bits per heavy atom. The van der Waals surface area contributed by atoms with Gasteiger partial charge in [0.05, 0.1) is 0 Å². The van der Waals surface area contributed by atoms with Gasteiger partial charge in [-0.05, 0) is 25.1 Å². The van der Waals surface area contributed by atoms with Crippen molar-refractivity contribution in [3.63, 3.8) is 0 Å². The molecule has 0 aromatic carbocycles. The van der Waals surface area contributed by atoms with Crippen LogP contribution in [0.5, 0.6) is 0 Å². The van der Waals surface area contributed by atoms with E-state index >= 15 is 0 Å². The molecule has 0 fully saturated rings. The van der Waals surface area contributed by atoms with E-state index in [0.29, 0.717) is 0 Å². The van der Waals surface area contributed by atoms with Gasteiger partial charge in [-0.1, -0.05) is 12.2 Å². The van der Waals surface area contributed by atoms with Crippen LogP contribution in [-0.4, -0.2) is 4.57 Å². The second kappa shape index (κ2) is 3.39. The summed E-state index contributed by atoms with van der Waals surface area (Å²) < 4.78 is 1.59. The van der Waals surface area contributed by atoms with Gasteiger partial charge in [-0.15, -0.1) is 0 Å². The summed E-state index contributed by atoms with van der Waals surface area (Å²) in [5.41, 5.74) is 0.0631. The molecule has 2 nitrogen and oxygen atoms in total. The first-order chi connectivity index (χ1) is 5.70. The van der Waals surface area contributed by atoms with Gasteiger partial charge in [-0.25, -0.2) is 0 Å². The molecular weight excluding hydrogens is 150 g/mol. The third kappa shape index (κ3) is 1.33. The van der Waals surface area contributed by atoms with Crippen LogP contribution in [0, 0.1) is 0 Å². The molecule has 0 aliphatic heterocycles. The van der Waals surface area contributed by atoms with Crippen molar-refractivity contribution < 1.29 is 0 Å². The minimum Gasteiger partial charge on any atom is -0.318 e. The van der Waals surface area contributed by atoms with Gasteiger partial charge in [-0.2, -0.15) is 0 Å². The van der Waals surface area contributed by atoms with E-state index < -0.39 is 0 Å². The van der Waals surface area contributed by atoms with Crippen LogP contribution in [0.4, 0.5) is 0 Å². The molecular formula is C10H13NO. The monoisotopic (exact) mass is 163 g/mol. The summed E-state index contributed by atoms with van der Waals surface area (Å²) in [7, 11) is 1.76. The highest BCUT2D eigenvalue weighted by Crippen LogP contribution is 1.66. The summed E-state index contributed by atoms with van der Waals surface area (Å²) in [4.78, 5) is 11.5. The van der Waals surface area contributed by atoms with Gasteiger partial charge in [0.15, 0.2) is 0 Å². The molecule has 0 bridgehead atoms. The molecule has 0 unspecified atom stereocenters. The lowest BCUT2D eigenvalue weighted by Gasteiger charge is -1.95. The van der Waals surface area contributed by atoms with Crippen LogP contribution in [0.2, 0.25) is 0 Å². The Morgan fingerprint density at radius 2 is 2.00 bits per heavy atom. The second-order valence-electron chi connectivity index (χ2n) is 2.68. The SMILES string of the molecule is C/C=c1/ccn(C)c(=O)/c1=C/C. The summed E-state index contributed by atoms with van der Waals surface area (Å²) in [6.45, 7) is 3.81. The zero-order valence-electron chi connectivity index (χ0n) is 7.66. The molecule has 0 atom stereocenters. The summed E-state index contributed by atoms with van der Waals surface area (Å²) in [6.07, 6.45) is 5.57. The molecule has 2 heteroatoms. The summed E-state index contributed by atoms with van der Waals surface area (Å²) in [5, 5.41) is 1.78. The van der Waals surface area contributed by atoms with Gasteiger partial charge in [-0.3, -0.25) is 4.79 Å². The normalized spacial score (nSPS) is 13.9. The van der Waals surface area contributed by atoms with Crippen LogP contribution in [0.1, 0.15) is 13.8 Å². The smallest absolute Gasteiger partial charge is 0.257 e. The average Bonchev–Trinajstić information content (AvgIpc) is 2.09. The van der Waals surface area contributed by atoms with Gasteiger partial charge in [0.25, 0.3) is 5.56 Å². The van der Waals surface area contributed by atoms with Gasteiger partial charge in [0, 0.05) is 18.5 Å². The van der Waals surface area contributed by atoms with Crippen molar-refractivity contribution in [2.24, 2.45) is 7.05 Å². The first-order valence-corrected chi connectivity index (χ1v) is 3.99. The Bertz CT molecular complexity index is 440. The molecule has 0 N–H and O–H groups in total. The fourth-order valence-corrected chi connectivity index (χ4v) is 1.20. The van der Waals surface area contributed by atoms with Crippen LogP contribution in [0.25, 0.3) is 12.2 Å². The zero-order chi connectivity index (χ0) is 9.14. The fourth-order valence-electron chi connectivity index (χ4n) is 1.20. The molecule has 1 rings (SSSR count). The Morgan fingerprint density at radius 3 is 2.50 bits per heavy atom. The van der Waals surface area contributed by atoms with Gasteiger partial charge in [0.2, 0.25) is 0 Å². The molecule has 0 radical (unpaired) electrons. The Hall–Kier alpha value is -1.31. The molecule has 0 aliphatic rings. The predicted octanol–water partition coefficient (Wildman–Crippen LogP) is -0.0139. The standard InChI is InChI=1S/C10H13NO/c1-4-8-6-7-11(3)10(12)9(8)5-2/h4-7H,1-3H3/b8-4-,9-5+. The predicted molar refractivity (Wildman–Crippen MR) is 51.2 cm³/mol. The van der Waals surface area contributed by atoms with Gasteiger partial charge >= 0.3 is 0 Å². The van der Waals surface area contributed by atoms with E-state index in [1.807, 2.05) is 32.1 Å². The molecule has 1 aromatic heterocycles. The van der Waals surface area contributed by atoms with Crippen molar-refractivity contribution in [1.29, 1.82) is 0 Å². The van der Waals surface area contributed by atoms with Crippen molar-refractivity contribution in [1.82, 2.24) is 4.57 Å². The second-order valence-corrected chi connectivity index (χ2v) is 2.68. The molecule has 12 heavy (non-hydrogen) atoms. The first-order valence-electron chi connectivity index (χ1n) is 3.99. The molecule has 0 aliphatic carbocycles. The third-order valence-corrected chi connectivity index (χ3v) is 1.94. The molecule has 0 saturated heterocycles. The Balaban J connectivity index is 3.85. The topological polar surface area (TPSA) is 22.0 Å². The van der Waals surface area contributed by atoms with Gasteiger partial charge in [0.1, 0.15) is 0 Å². The van der Waals surface area contributed by atoms with E-state index in [1.54, 1.807) is 17.8 Å². The number of hydrogen-bond acceptors (Lipinski definition) is 1. The van der Waals surface area contributed by atoms with Crippen molar-refractivity contribution in [3.05, 3.63) is 33.1 Å². The van der Waals surface area contributed by atoms with E-state index in [4.69, 9.17) is 0 Å². The molecule has 64 valence electrons. The molecule has 1 heterocycles. The van der Waals surface area contributed by atoms with Crippen molar-refractivity contribution >= 4 is 12.2 Å². The van der Waals surface area contributed by atoms with Crippen LogP contribution >= 0.6 is 0 Å². The first kappa shape index (κ1) is 8.78. The lowest BCUT2D eigenvalue weighted by atomic mass is 10.3. The number of rotatable bonds is 0. The van der Waals surface area contributed by atoms with Crippen LogP contribution < -0.4 is 16.0 Å². The minimum absolute atomic E-state index is 0.0631. The Labute approximate surface area is 71.5 Å². The van der Waals surface area contributed by atoms with Crippen molar-refractivity contribution in [2.45, 2.75) is 13.8 Å². The zero-order valence-corrected chi connectivity index (χ0v) is 7.66. The van der Waals surface area contributed by atoms with Crippen LogP contribution in [-0.2, 0) is 7.05 Å². The lowest BCUT2D eigenvalue weighted by Crippen LogP contribution is -2.43. The maximum absolute atomic E-state index is 11.5. The summed E-state index contributed by atoms with van der Waals surface area (Å²) in [5.74, 6) is 0. The number of aromatic nitrogens is 1. The third-order valence-electron chi connectivity index (χ3n) is 1.94. The quantitative estimate of drug-likeness (QED) is 0.527. The van der Waals surface area contributed by atoms with E-state index in [9.17, 15) is 4.79 Å². The molecule has 0 saturated carbocycles. The van der Waals surface area contributed by atoms with Crippen LogP contribution in [0.3, 0.4) is 0 Å². The number of nitrogens with zero attached hydrogens (tertiary/aromatic N) is 1. The van der Waals surface area contributed by atoms with Crippen LogP contribution in [0.15, 0.2) is 17.1 Å². The highest BCUT2D eigenvalue weighted by atomic mass is 16.1. The fraction of sp³-hybridized carbons (Fsp3) is 0.300. The summed E-state index contributed by atoms with van der Waals surface area (Å²) >= 11 is 0. The highest BCUT2D eigenvalue weighted by molar-refractivity contribution is 5.27. The van der Waals surface area contributed by atoms with E-state index in [2.05, 4.69) is 0 Å². The largest absolute Gasteiger partial charge is 0.318 e. The maximum atomic E-state index is 11.5. The number of pyridine rings is 1. The van der Waals surface area contributed by atoms with E-state index in [0.717, 1.165) is 10.4 Å².